The van der Waals surface area contributed by atoms with Crippen LogP contribution in [0.15, 0.2) is 29.2 Å². The molecule has 1 aromatic rings. The Morgan fingerprint density at radius 3 is 2.15 bits per heavy atom. The molecule has 0 aromatic heterocycles. The summed E-state index contributed by atoms with van der Waals surface area (Å²) < 4.78 is 5.53. The first-order chi connectivity index (χ1) is 5.97. The van der Waals surface area contributed by atoms with E-state index in [4.69, 9.17) is 15.8 Å². The molecule has 0 unspecified atom stereocenters. The predicted molar refractivity (Wildman–Crippen MR) is 58.1 cm³/mol. The van der Waals surface area contributed by atoms with E-state index in [0.717, 1.165) is 9.92 Å². The Hall–Kier alpha value is -0.180. The molecule has 0 saturated heterocycles. The largest absolute Gasteiger partial charge is 0.305 e. The molecule has 0 aliphatic rings. The summed E-state index contributed by atoms with van der Waals surface area (Å²) in [5.41, 5.74) is -0.121. The van der Waals surface area contributed by atoms with Crippen molar-refractivity contribution in [2.75, 3.05) is 0 Å². The number of benzene rings is 1. The Labute approximate surface area is 88.6 Å². The molecule has 1 nitrogen and oxygen atoms in total. The van der Waals surface area contributed by atoms with Gasteiger partial charge in [0, 0.05) is 22.0 Å². The van der Waals surface area contributed by atoms with Gasteiger partial charge in [0.05, 0.1) is 5.60 Å². The second kappa shape index (κ2) is 4.36. The minimum absolute atomic E-state index is 0.121. The van der Waals surface area contributed by atoms with E-state index in [0.29, 0.717) is 0 Å². The molecule has 1 rings (SSSR count). The second-order valence-corrected chi connectivity index (χ2v) is 4.97. The first kappa shape index (κ1) is 10.9. The molecule has 3 heteroatoms. The summed E-state index contributed by atoms with van der Waals surface area (Å²) in [6.45, 7) is 6.07. The SMILES string of the molecule is CC(C)(C)OSc1ccc(Cl)cc1. The van der Waals surface area contributed by atoms with Crippen molar-refractivity contribution < 1.29 is 4.18 Å². The van der Waals surface area contributed by atoms with E-state index < -0.39 is 0 Å². The molecule has 0 fully saturated rings. The molecule has 0 aliphatic carbocycles. The quantitative estimate of drug-likeness (QED) is 0.687. The Kier molecular flexibility index (Phi) is 3.65. The topological polar surface area (TPSA) is 9.23 Å². The second-order valence-electron chi connectivity index (χ2n) is 3.73. The third-order valence-electron chi connectivity index (χ3n) is 1.20. The molecular formula is C10H13ClOS. The Bertz CT molecular complexity index is 263. The van der Waals surface area contributed by atoms with Crippen LogP contribution in [-0.4, -0.2) is 5.60 Å². The third-order valence-corrected chi connectivity index (χ3v) is 2.50. The fraction of sp³-hybridized carbons (Fsp3) is 0.400. The van der Waals surface area contributed by atoms with E-state index in [-0.39, 0.29) is 5.60 Å². The van der Waals surface area contributed by atoms with Crippen LogP contribution in [0.1, 0.15) is 20.8 Å². The summed E-state index contributed by atoms with van der Waals surface area (Å²) >= 11 is 7.13. The number of rotatable bonds is 2. The van der Waals surface area contributed by atoms with Crippen LogP contribution in [0.5, 0.6) is 0 Å². The van der Waals surface area contributed by atoms with Gasteiger partial charge in [-0.15, -0.1) is 0 Å². The third kappa shape index (κ3) is 4.55. The van der Waals surface area contributed by atoms with E-state index in [2.05, 4.69) is 0 Å². The van der Waals surface area contributed by atoms with Gasteiger partial charge in [-0.2, -0.15) is 0 Å². The Balaban J connectivity index is 2.51. The van der Waals surface area contributed by atoms with E-state index >= 15 is 0 Å². The average Bonchev–Trinajstić information content (AvgIpc) is 2.02. The minimum atomic E-state index is -0.121. The lowest BCUT2D eigenvalue weighted by Crippen LogP contribution is -2.14. The molecule has 0 aliphatic heterocycles. The van der Waals surface area contributed by atoms with Gasteiger partial charge in [-0.3, -0.25) is 0 Å². The zero-order valence-electron chi connectivity index (χ0n) is 8.00. The van der Waals surface area contributed by atoms with E-state index in [1.54, 1.807) is 0 Å². The molecule has 0 saturated carbocycles. The zero-order valence-corrected chi connectivity index (χ0v) is 9.58. The molecule has 0 spiro atoms. The van der Waals surface area contributed by atoms with Gasteiger partial charge in [-0.1, -0.05) is 11.6 Å². The van der Waals surface area contributed by atoms with Gasteiger partial charge >= 0.3 is 0 Å². The summed E-state index contributed by atoms with van der Waals surface area (Å²) in [6.07, 6.45) is 0. The maximum atomic E-state index is 5.75. The summed E-state index contributed by atoms with van der Waals surface area (Å²) in [5, 5.41) is 0.750. The van der Waals surface area contributed by atoms with Crippen LogP contribution >= 0.6 is 23.6 Å². The first-order valence-corrected chi connectivity index (χ1v) is 5.20. The highest BCUT2D eigenvalue weighted by Gasteiger charge is 2.10. The van der Waals surface area contributed by atoms with E-state index in [1.807, 2.05) is 45.0 Å². The molecule has 0 radical (unpaired) electrons. The molecule has 0 heterocycles. The zero-order chi connectivity index (χ0) is 9.90. The highest BCUT2D eigenvalue weighted by Crippen LogP contribution is 2.26. The number of halogens is 1. The Morgan fingerprint density at radius 2 is 1.69 bits per heavy atom. The molecule has 0 bridgehead atoms. The van der Waals surface area contributed by atoms with Gasteiger partial charge in [-0.05, 0) is 45.0 Å². The first-order valence-electron chi connectivity index (χ1n) is 4.09. The van der Waals surface area contributed by atoms with Gasteiger partial charge in [0.1, 0.15) is 0 Å². The smallest absolute Gasteiger partial charge is 0.0749 e. The molecule has 72 valence electrons. The summed E-state index contributed by atoms with van der Waals surface area (Å²) in [4.78, 5) is 1.07. The van der Waals surface area contributed by atoms with Gasteiger partial charge in [0.25, 0.3) is 0 Å². The van der Waals surface area contributed by atoms with Crippen LogP contribution in [-0.2, 0) is 4.18 Å². The molecule has 0 amide bonds. The predicted octanol–water partition coefficient (Wildman–Crippen LogP) is 4.16. The maximum absolute atomic E-state index is 5.75. The Morgan fingerprint density at radius 1 is 1.15 bits per heavy atom. The van der Waals surface area contributed by atoms with Crippen molar-refractivity contribution in [2.24, 2.45) is 0 Å². The van der Waals surface area contributed by atoms with Crippen LogP contribution in [0.4, 0.5) is 0 Å². The van der Waals surface area contributed by atoms with Crippen LogP contribution in [0.3, 0.4) is 0 Å². The highest BCUT2D eigenvalue weighted by molar-refractivity contribution is 7.94. The van der Waals surface area contributed by atoms with Crippen LogP contribution < -0.4 is 0 Å². The van der Waals surface area contributed by atoms with Gasteiger partial charge in [0.15, 0.2) is 0 Å². The minimum Gasteiger partial charge on any atom is -0.305 e. The van der Waals surface area contributed by atoms with Crippen molar-refractivity contribution in [1.82, 2.24) is 0 Å². The fourth-order valence-corrected chi connectivity index (χ4v) is 1.38. The van der Waals surface area contributed by atoms with Crippen LogP contribution in [0, 0.1) is 0 Å². The van der Waals surface area contributed by atoms with Crippen LogP contribution in [0.25, 0.3) is 0 Å². The van der Waals surface area contributed by atoms with Gasteiger partial charge < -0.3 is 4.18 Å². The van der Waals surface area contributed by atoms with Crippen molar-refractivity contribution in [3.05, 3.63) is 29.3 Å². The summed E-state index contributed by atoms with van der Waals surface area (Å²) in [5.74, 6) is 0. The van der Waals surface area contributed by atoms with Crippen molar-refractivity contribution in [3.8, 4) is 0 Å². The lowest BCUT2D eigenvalue weighted by Gasteiger charge is -2.17. The van der Waals surface area contributed by atoms with Crippen LogP contribution in [0.2, 0.25) is 5.02 Å². The van der Waals surface area contributed by atoms with E-state index in [9.17, 15) is 0 Å². The van der Waals surface area contributed by atoms with Crippen molar-refractivity contribution in [1.29, 1.82) is 0 Å². The molecule has 13 heavy (non-hydrogen) atoms. The molecule has 1 aromatic carbocycles. The van der Waals surface area contributed by atoms with Crippen molar-refractivity contribution in [3.63, 3.8) is 0 Å². The lowest BCUT2D eigenvalue weighted by atomic mass is 10.2. The number of hydrogen-bond acceptors (Lipinski definition) is 2. The lowest BCUT2D eigenvalue weighted by molar-refractivity contribution is 0.165. The van der Waals surface area contributed by atoms with Crippen molar-refractivity contribution in [2.45, 2.75) is 31.3 Å². The average molecular weight is 217 g/mol. The monoisotopic (exact) mass is 216 g/mol. The standard InChI is InChI=1S/C10H13ClOS/c1-10(2,3)12-13-9-6-4-8(11)5-7-9/h4-7H,1-3H3. The maximum Gasteiger partial charge on any atom is 0.0749 e. The molecule has 0 N–H and O–H groups in total. The highest BCUT2D eigenvalue weighted by atomic mass is 35.5. The van der Waals surface area contributed by atoms with E-state index in [1.165, 1.54) is 12.0 Å². The number of hydrogen-bond donors (Lipinski definition) is 0. The van der Waals surface area contributed by atoms with Crippen molar-refractivity contribution >= 4 is 23.6 Å². The summed E-state index contributed by atoms with van der Waals surface area (Å²) in [6, 6.07) is 7.60. The van der Waals surface area contributed by atoms with Gasteiger partial charge in [-0.25, -0.2) is 0 Å². The summed E-state index contributed by atoms with van der Waals surface area (Å²) in [7, 11) is 0. The fourth-order valence-electron chi connectivity index (χ4n) is 0.663. The molecule has 0 atom stereocenters. The normalized spacial score (nSPS) is 11.7. The van der Waals surface area contributed by atoms with Gasteiger partial charge in [0.2, 0.25) is 0 Å². The molecular weight excluding hydrogens is 204 g/mol.